The molecule has 0 aliphatic carbocycles. The Kier molecular flexibility index (Phi) is 6.27. The van der Waals surface area contributed by atoms with Gasteiger partial charge >= 0.3 is 5.97 Å². The number of carbonyl (C=O) groups is 1. The van der Waals surface area contributed by atoms with Crippen molar-refractivity contribution in [2.75, 3.05) is 0 Å². The maximum atomic E-state index is 11.7. The van der Waals surface area contributed by atoms with Crippen molar-refractivity contribution in [2.24, 2.45) is 0 Å². The van der Waals surface area contributed by atoms with E-state index in [-0.39, 0.29) is 5.56 Å². The highest BCUT2D eigenvalue weighted by atomic mass is 16.5. The fourth-order valence-electron chi connectivity index (χ4n) is 3.78. The molecule has 0 saturated heterocycles. The summed E-state index contributed by atoms with van der Waals surface area (Å²) in [4.78, 5) is 11.7. The molecule has 0 unspecified atom stereocenters. The van der Waals surface area contributed by atoms with Crippen LogP contribution >= 0.6 is 0 Å². The molecule has 0 radical (unpaired) electrons. The third-order valence-electron chi connectivity index (χ3n) is 5.52. The summed E-state index contributed by atoms with van der Waals surface area (Å²) in [6.07, 6.45) is 0. The Hall–Kier alpha value is -4.83. The third kappa shape index (κ3) is 5.40. The largest absolute Gasteiger partial charge is 0.478 e. The van der Waals surface area contributed by atoms with Crippen molar-refractivity contribution in [1.82, 2.24) is 0 Å². The van der Waals surface area contributed by atoms with Crippen LogP contribution in [0.25, 0.3) is 22.3 Å². The van der Waals surface area contributed by atoms with Crippen molar-refractivity contribution < 1.29 is 19.4 Å². The van der Waals surface area contributed by atoms with Crippen LogP contribution in [0, 0.1) is 0 Å². The van der Waals surface area contributed by atoms with Gasteiger partial charge in [0.05, 0.1) is 5.56 Å². The minimum atomic E-state index is -1.06. The Bertz CT molecular complexity index is 1320. The van der Waals surface area contributed by atoms with Crippen molar-refractivity contribution in [3.05, 3.63) is 133 Å². The van der Waals surface area contributed by atoms with Gasteiger partial charge in [0.15, 0.2) is 0 Å². The lowest BCUT2D eigenvalue weighted by Gasteiger charge is -2.12. The quantitative estimate of drug-likeness (QED) is 0.266. The average molecular weight is 459 g/mol. The SMILES string of the molecule is O=C(O)c1cc(Oc2ccc(-c3ccccc3)cc2)cc(Oc2ccc(-c3ccccc3)cc2)c1. The van der Waals surface area contributed by atoms with E-state index in [2.05, 4.69) is 0 Å². The van der Waals surface area contributed by atoms with Crippen LogP contribution in [-0.2, 0) is 0 Å². The number of aromatic carboxylic acids is 1. The topological polar surface area (TPSA) is 55.8 Å². The first-order chi connectivity index (χ1) is 17.1. The second-order valence-corrected chi connectivity index (χ2v) is 7.98. The zero-order valence-electron chi connectivity index (χ0n) is 18.8. The smallest absolute Gasteiger partial charge is 0.335 e. The third-order valence-corrected chi connectivity index (χ3v) is 5.52. The second-order valence-electron chi connectivity index (χ2n) is 7.98. The summed E-state index contributed by atoms with van der Waals surface area (Å²) in [6.45, 7) is 0. The predicted molar refractivity (Wildman–Crippen MR) is 137 cm³/mol. The zero-order valence-corrected chi connectivity index (χ0v) is 18.8. The van der Waals surface area contributed by atoms with E-state index in [1.807, 2.05) is 109 Å². The molecule has 170 valence electrons. The summed E-state index contributed by atoms with van der Waals surface area (Å²) in [5.41, 5.74) is 4.45. The van der Waals surface area contributed by atoms with Crippen LogP contribution in [0.15, 0.2) is 127 Å². The van der Waals surface area contributed by atoms with Crippen LogP contribution in [0.1, 0.15) is 10.4 Å². The lowest BCUT2D eigenvalue weighted by atomic mass is 10.1. The molecule has 5 aromatic carbocycles. The molecule has 5 aromatic rings. The normalized spacial score (nSPS) is 10.5. The summed E-state index contributed by atoms with van der Waals surface area (Å²) < 4.78 is 11.9. The molecule has 0 aliphatic rings. The van der Waals surface area contributed by atoms with E-state index in [0.29, 0.717) is 23.0 Å². The van der Waals surface area contributed by atoms with Crippen LogP contribution in [-0.4, -0.2) is 11.1 Å². The van der Waals surface area contributed by atoms with Crippen LogP contribution in [0.5, 0.6) is 23.0 Å². The zero-order chi connectivity index (χ0) is 24.0. The molecule has 0 heterocycles. The van der Waals surface area contributed by atoms with Gasteiger partial charge in [-0.25, -0.2) is 4.79 Å². The van der Waals surface area contributed by atoms with E-state index in [1.54, 1.807) is 6.07 Å². The summed E-state index contributed by atoms with van der Waals surface area (Å²) in [7, 11) is 0. The van der Waals surface area contributed by atoms with Gasteiger partial charge in [0.25, 0.3) is 0 Å². The van der Waals surface area contributed by atoms with Crippen LogP contribution in [0.2, 0.25) is 0 Å². The Morgan fingerprint density at radius 1 is 0.457 bits per heavy atom. The molecule has 0 saturated carbocycles. The first-order valence-electron chi connectivity index (χ1n) is 11.2. The first kappa shape index (κ1) is 22.0. The van der Waals surface area contributed by atoms with E-state index in [0.717, 1.165) is 22.3 Å². The summed E-state index contributed by atoms with van der Waals surface area (Å²) in [5, 5.41) is 9.58. The second kappa shape index (κ2) is 9.98. The van der Waals surface area contributed by atoms with Crippen LogP contribution < -0.4 is 9.47 Å². The molecule has 0 spiro atoms. The summed E-state index contributed by atoms with van der Waals surface area (Å²) >= 11 is 0. The number of benzene rings is 5. The van der Waals surface area contributed by atoms with Gasteiger partial charge in [-0.2, -0.15) is 0 Å². The van der Waals surface area contributed by atoms with Crippen molar-refractivity contribution in [1.29, 1.82) is 0 Å². The van der Waals surface area contributed by atoms with E-state index < -0.39 is 5.97 Å². The minimum Gasteiger partial charge on any atom is -0.478 e. The lowest BCUT2D eigenvalue weighted by molar-refractivity contribution is 0.0696. The molecule has 0 aromatic heterocycles. The standard InChI is InChI=1S/C31H22O4/c32-31(33)26-19-29(34-27-15-11-24(12-16-27)22-7-3-1-4-8-22)21-30(20-26)35-28-17-13-25(14-18-28)23-9-5-2-6-10-23/h1-21H,(H,32,33). The Morgan fingerprint density at radius 3 is 1.20 bits per heavy atom. The average Bonchev–Trinajstić information content (AvgIpc) is 2.90. The van der Waals surface area contributed by atoms with E-state index in [4.69, 9.17) is 9.47 Å². The summed E-state index contributed by atoms with van der Waals surface area (Å²) in [5.74, 6) is 0.913. The highest BCUT2D eigenvalue weighted by Gasteiger charge is 2.11. The molecule has 0 atom stereocenters. The molecule has 0 fully saturated rings. The maximum absolute atomic E-state index is 11.7. The minimum absolute atomic E-state index is 0.0827. The van der Waals surface area contributed by atoms with Gasteiger partial charge in [-0.05, 0) is 58.7 Å². The van der Waals surface area contributed by atoms with E-state index in [9.17, 15) is 9.90 Å². The van der Waals surface area contributed by atoms with Crippen molar-refractivity contribution in [2.45, 2.75) is 0 Å². The number of hydrogen-bond donors (Lipinski definition) is 1. The first-order valence-corrected chi connectivity index (χ1v) is 11.2. The molecule has 0 amide bonds. The summed E-state index contributed by atoms with van der Waals surface area (Å²) in [6, 6.07) is 40.1. The number of ether oxygens (including phenoxy) is 2. The van der Waals surface area contributed by atoms with E-state index >= 15 is 0 Å². The molecule has 35 heavy (non-hydrogen) atoms. The fourth-order valence-corrected chi connectivity index (χ4v) is 3.78. The molecule has 4 nitrogen and oxygen atoms in total. The van der Waals surface area contributed by atoms with Gasteiger partial charge in [0, 0.05) is 6.07 Å². The van der Waals surface area contributed by atoms with Gasteiger partial charge in [0.1, 0.15) is 23.0 Å². The van der Waals surface area contributed by atoms with Crippen molar-refractivity contribution >= 4 is 5.97 Å². The highest BCUT2D eigenvalue weighted by molar-refractivity contribution is 5.88. The van der Waals surface area contributed by atoms with Crippen LogP contribution in [0.4, 0.5) is 0 Å². The van der Waals surface area contributed by atoms with Gasteiger partial charge in [-0.15, -0.1) is 0 Å². The molecule has 0 aliphatic heterocycles. The van der Waals surface area contributed by atoms with Gasteiger partial charge in [-0.1, -0.05) is 84.9 Å². The Morgan fingerprint density at radius 2 is 0.829 bits per heavy atom. The predicted octanol–water partition coefficient (Wildman–Crippen LogP) is 8.30. The monoisotopic (exact) mass is 458 g/mol. The number of hydrogen-bond acceptors (Lipinski definition) is 3. The number of carboxylic acids is 1. The molecule has 1 N–H and O–H groups in total. The lowest BCUT2D eigenvalue weighted by Crippen LogP contribution is -1.98. The molecular weight excluding hydrogens is 436 g/mol. The van der Waals surface area contributed by atoms with Gasteiger partial charge in [-0.3, -0.25) is 0 Å². The van der Waals surface area contributed by atoms with Gasteiger partial charge in [0.2, 0.25) is 0 Å². The van der Waals surface area contributed by atoms with Crippen molar-refractivity contribution in [3.8, 4) is 45.3 Å². The maximum Gasteiger partial charge on any atom is 0.335 e. The molecular formula is C31H22O4. The van der Waals surface area contributed by atoms with Crippen LogP contribution in [0.3, 0.4) is 0 Å². The molecule has 5 rings (SSSR count). The molecule has 0 bridgehead atoms. The molecule has 4 heteroatoms. The Labute approximate surface area is 203 Å². The van der Waals surface area contributed by atoms with E-state index in [1.165, 1.54) is 12.1 Å². The fraction of sp³-hybridized carbons (Fsp3) is 0. The number of rotatable bonds is 7. The van der Waals surface area contributed by atoms with Crippen molar-refractivity contribution in [3.63, 3.8) is 0 Å². The Balaban J connectivity index is 1.35. The van der Waals surface area contributed by atoms with Gasteiger partial charge < -0.3 is 14.6 Å². The highest BCUT2D eigenvalue weighted by Crippen LogP contribution is 2.32. The number of carboxylic acid groups (broad SMARTS) is 1.